The summed E-state index contributed by atoms with van der Waals surface area (Å²) >= 11 is 0. The second-order valence-electron chi connectivity index (χ2n) is 7.24. The van der Waals surface area contributed by atoms with E-state index in [4.69, 9.17) is 14.8 Å². The van der Waals surface area contributed by atoms with Gasteiger partial charge in [0.1, 0.15) is 5.75 Å². The number of hydrogen-bond acceptors (Lipinski definition) is 7. The van der Waals surface area contributed by atoms with Gasteiger partial charge in [-0.3, -0.25) is 0 Å². The van der Waals surface area contributed by atoms with Crippen LogP contribution in [-0.2, 0) is 0 Å². The van der Waals surface area contributed by atoms with Gasteiger partial charge < -0.3 is 19.6 Å². The number of hydrogen-bond donors (Lipinski definition) is 1. The van der Waals surface area contributed by atoms with Crippen molar-refractivity contribution in [1.82, 2.24) is 15.0 Å². The van der Waals surface area contributed by atoms with Crippen molar-refractivity contribution in [2.45, 2.75) is 38.5 Å². The molecule has 1 aromatic carbocycles. The van der Waals surface area contributed by atoms with Gasteiger partial charge in [0.25, 0.3) is 0 Å². The standard InChI is InChI=1S/C20H25N5O3/c26-17(27)15-7-9-16(10-8-15)28-20-22-18(24-11-3-1-4-12-24)21-19(23-20)25-13-5-2-6-14-25/h7-10H,1-6,11-14H2,(H,26,27). The smallest absolute Gasteiger partial charge is 0.335 e. The van der Waals surface area contributed by atoms with E-state index in [0.29, 0.717) is 17.6 Å². The number of benzene rings is 1. The van der Waals surface area contributed by atoms with Crippen molar-refractivity contribution in [2.24, 2.45) is 0 Å². The Morgan fingerprint density at radius 1 is 0.786 bits per heavy atom. The van der Waals surface area contributed by atoms with Gasteiger partial charge in [-0.1, -0.05) is 0 Å². The molecule has 0 amide bonds. The molecule has 8 nitrogen and oxygen atoms in total. The zero-order valence-electron chi connectivity index (χ0n) is 15.9. The molecule has 0 bridgehead atoms. The summed E-state index contributed by atoms with van der Waals surface area (Å²) in [6, 6.07) is 6.51. The number of rotatable bonds is 5. The topological polar surface area (TPSA) is 91.7 Å². The molecular weight excluding hydrogens is 358 g/mol. The van der Waals surface area contributed by atoms with Crippen molar-refractivity contribution in [3.8, 4) is 11.8 Å². The lowest BCUT2D eigenvalue weighted by molar-refractivity contribution is 0.0697. The van der Waals surface area contributed by atoms with Gasteiger partial charge in [0.15, 0.2) is 0 Å². The number of carboxylic acid groups (broad SMARTS) is 1. The second-order valence-corrected chi connectivity index (χ2v) is 7.24. The van der Waals surface area contributed by atoms with Crippen LogP contribution in [0.5, 0.6) is 11.8 Å². The Morgan fingerprint density at radius 3 is 1.75 bits per heavy atom. The summed E-state index contributed by atoms with van der Waals surface area (Å²) < 4.78 is 5.87. The van der Waals surface area contributed by atoms with Crippen LogP contribution in [0.2, 0.25) is 0 Å². The number of piperidine rings is 2. The first-order valence-corrected chi connectivity index (χ1v) is 9.96. The lowest BCUT2D eigenvalue weighted by Crippen LogP contribution is -2.34. The highest BCUT2D eigenvalue weighted by atomic mass is 16.5. The summed E-state index contributed by atoms with van der Waals surface area (Å²) in [5.41, 5.74) is 0.214. The first-order chi connectivity index (χ1) is 13.7. The molecule has 2 aromatic rings. The van der Waals surface area contributed by atoms with Crippen LogP contribution < -0.4 is 14.5 Å². The van der Waals surface area contributed by atoms with E-state index < -0.39 is 5.97 Å². The zero-order chi connectivity index (χ0) is 19.3. The fourth-order valence-corrected chi connectivity index (χ4v) is 3.62. The quantitative estimate of drug-likeness (QED) is 0.840. The molecule has 0 radical (unpaired) electrons. The van der Waals surface area contributed by atoms with Crippen LogP contribution in [0.25, 0.3) is 0 Å². The minimum Gasteiger partial charge on any atom is -0.478 e. The van der Waals surface area contributed by atoms with Crippen molar-refractivity contribution in [1.29, 1.82) is 0 Å². The number of carboxylic acids is 1. The third-order valence-corrected chi connectivity index (χ3v) is 5.18. The maximum Gasteiger partial charge on any atom is 0.335 e. The predicted molar refractivity (Wildman–Crippen MR) is 105 cm³/mol. The number of aromatic nitrogens is 3. The highest BCUT2D eigenvalue weighted by Gasteiger charge is 2.21. The Hall–Kier alpha value is -2.90. The third kappa shape index (κ3) is 4.32. The molecule has 0 spiro atoms. The minimum atomic E-state index is -0.966. The summed E-state index contributed by atoms with van der Waals surface area (Å²) in [5.74, 6) is 0.858. The molecule has 0 unspecified atom stereocenters. The third-order valence-electron chi connectivity index (χ3n) is 5.18. The van der Waals surface area contributed by atoms with Crippen LogP contribution in [0.15, 0.2) is 24.3 Å². The number of anilines is 2. The van der Waals surface area contributed by atoms with Gasteiger partial charge in [0.2, 0.25) is 11.9 Å². The average molecular weight is 383 g/mol. The monoisotopic (exact) mass is 383 g/mol. The van der Waals surface area contributed by atoms with Gasteiger partial charge in [-0.2, -0.15) is 15.0 Å². The Balaban J connectivity index is 1.61. The minimum absolute atomic E-state index is 0.214. The van der Waals surface area contributed by atoms with Crippen LogP contribution in [0.3, 0.4) is 0 Å². The Bertz CT molecular complexity index is 779. The highest BCUT2D eigenvalue weighted by Crippen LogP contribution is 2.26. The van der Waals surface area contributed by atoms with E-state index in [0.717, 1.165) is 51.9 Å². The Kier molecular flexibility index (Phi) is 5.55. The molecule has 3 heterocycles. The maximum absolute atomic E-state index is 11.0. The lowest BCUT2D eigenvalue weighted by Gasteiger charge is -2.30. The van der Waals surface area contributed by atoms with Gasteiger partial charge in [-0.25, -0.2) is 4.79 Å². The summed E-state index contributed by atoms with van der Waals surface area (Å²) in [6.45, 7) is 3.76. The van der Waals surface area contributed by atoms with E-state index in [9.17, 15) is 4.79 Å². The molecule has 0 saturated carbocycles. The van der Waals surface area contributed by atoms with Crippen LogP contribution in [0.4, 0.5) is 11.9 Å². The molecule has 0 aliphatic carbocycles. The van der Waals surface area contributed by atoms with Crippen LogP contribution in [-0.4, -0.2) is 52.2 Å². The van der Waals surface area contributed by atoms with Crippen LogP contribution in [0, 0.1) is 0 Å². The van der Waals surface area contributed by atoms with Crippen molar-refractivity contribution in [3.63, 3.8) is 0 Å². The molecule has 2 saturated heterocycles. The first-order valence-electron chi connectivity index (χ1n) is 9.96. The van der Waals surface area contributed by atoms with E-state index in [-0.39, 0.29) is 11.6 Å². The molecule has 28 heavy (non-hydrogen) atoms. The molecule has 4 rings (SSSR count). The normalized spacial score (nSPS) is 17.4. The molecule has 8 heteroatoms. The van der Waals surface area contributed by atoms with Gasteiger partial charge in [0, 0.05) is 26.2 Å². The van der Waals surface area contributed by atoms with Crippen molar-refractivity contribution < 1.29 is 14.6 Å². The van der Waals surface area contributed by atoms with Crippen molar-refractivity contribution in [3.05, 3.63) is 29.8 Å². The first kappa shape index (κ1) is 18.5. The fourth-order valence-electron chi connectivity index (χ4n) is 3.62. The van der Waals surface area contributed by atoms with Crippen LogP contribution in [0.1, 0.15) is 48.9 Å². The van der Waals surface area contributed by atoms with Crippen molar-refractivity contribution in [2.75, 3.05) is 36.0 Å². The largest absolute Gasteiger partial charge is 0.478 e. The van der Waals surface area contributed by atoms with Gasteiger partial charge >= 0.3 is 12.0 Å². The highest BCUT2D eigenvalue weighted by molar-refractivity contribution is 5.87. The molecule has 2 fully saturated rings. The molecule has 148 valence electrons. The van der Waals surface area contributed by atoms with Gasteiger partial charge in [0.05, 0.1) is 5.56 Å². The SMILES string of the molecule is O=C(O)c1ccc(Oc2nc(N3CCCCC3)nc(N3CCCCC3)n2)cc1. The molecule has 2 aliphatic rings. The Morgan fingerprint density at radius 2 is 1.29 bits per heavy atom. The van der Waals surface area contributed by atoms with E-state index in [1.165, 1.54) is 25.0 Å². The zero-order valence-corrected chi connectivity index (χ0v) is 15.9. The summed E-state index contributed by atoms with van der Waals surface area (Å²) in [5, 5.41) is 9.04. The number of nitrogens with zero attached hydrogens (tertiary/aromatic N) is 5. The predicted octanol–water partition coefficient (Wildman–Crippen LogP) is 3.34. The fraction of sp³-hybridized carbons (Fsp3) is 0.500. The maximum atomic E-state index is 11.0. The average Bonchev–Trinajstić information content (AvgIpc) is 2.75. The number of ether oxygens (including phenoxy) is 1. The summed E-state index contributed by atoms with van der Waals surface area (Å²) in [7, 11) is 0. The van der Waals surface area contributed by atoms with Gasteiger partial charge in [-0.05, 0) is 62.8 Å². The molecule has 0 atom stereocenters. The Labute approximate surface area is 164 Å². The van der Waals surface area contributed by atoms with Crippen molar-refractivity contribution >= 4 is 17.9 Å². The van der Waals surface area contributed by atoms with E-state index in [1.54, 1.807) is 12.1 Å². The second kappa shape index (κ2) is 8.41. The number of aromatic carboxylic acids is 1. The summed E-state index contributed by atoms with van der Waals surface area (Å²) in [4.78, 5) is 29.2. The molecule has 1 aromatic heterocycles. The van der Waals surface area contributed by atoms with Gasteiger partial charge in [-0.15, -0.1) is 0 Å². The summed E-state index contributed by atoms with van der Waals surface area (Å²) in [6.07, 6.45) is 7.02. The molecule has 1 N–H and O–H groups in total. The molecule has 2 aliphatic heterocycles. The number of carbonyl (C=O) groups is 1. The lowest BCUT2D eigenvalue weighted by atomic mass is 10.1. The molecular formula is C20H25N5O3. The van der Waals surface area contributed by atoms with E-state index in [2.05, 4.69) is 19.8 Å². The van der Waals surface area contributed by atoms with E-state index >= 15 is 0 Å². The van der Waals surface area contributed by atoms with Crippen LogP contribution >= 0.6 is 0 Å². The van der Waals surface area contributed by atoms with E-state index in [1.807, 2.05) is 0 Å².